The Labute approximate surface area is 378 Å². The van der Waals surface area contributed by atoms with Crippen molar-refractivity contribution in [3.05, 3.63) is 48.6 Å². The summed E-state index contributed by atoms with van der Waals surface area (Å²) >= 11 is 0. The Balaban J connectivity index is 4.42. The van der Waals surface area contributed by atoms with Crippen LogP contribution in [0.1, 0.15) is 265 Å². The number of rotatable bonds is 47. The fraction of sp³-hybridized carbons (Fsp3) is 0.800. The molecule has 61 heavy (non-hydrogen) atoms. The number of hydrogen-bond acceptors (Lipinski definition) is 6. The van der Waals surface area contributed by atoms with E-state index in [0.29, 0.717) is 19.3 Å². The van der Waals surface area contributed by atoms with E-state index in [1.54, 1.807) is 0 Å². The van der Waals surface area contributed by atoms with Gasteiger partial charge in [0, 0.05) is 19.3 Å². The third-order valence-corrected chi connectivity index (χ3v) is 11.3. The smallest absolute Gasteiger partial charge is 0.306 e. The molecule has 1 unspecified atom stereocenters. The van der Waals surface area contributed by atoms with Crippen molar-refractivity contribution in [3.8, 4) is 0 Å². The second kappa shape index (κ2) is 50.0. The molecule has 6 nitrogen and oxygen atoms in total. The van der Waals surface area contributed by atoms with E-state index < -0.39 is 6.10 Å². The highest BCUT2D eigenvalue weighted by atomic mass is 16.6. The average Bonchev–Trinajstić information content (AvgIpc) is 3.26. The maximum absolute atomic E-state index is 12.7. The van der Waals surface area contributed by atoms with Crippen LogP contribution >= 0.6 is 0 Å². The zero-order valence-corrected chi connectivity index (χ0v) is 40.4. The van der Waals surface area contributed by atoms with Gasteiger partial charge in [-0.2, -0.15) is 0 Å². The first-order valence-electron chi connectivity index (χ1n) is 26.2. The molecule has 0 rings (SSSR count). The van der Waals surface area contributed by atoms with Gasteiger partial charge in [0.2, 0.25) is 0 Å². The molecular formula is C55H98O6. The summed E-state index contributed by atoms with van der Waals surface area (Å²) in [5, 5.41) is 0. The number of esters is 3. The van der Waals surface area contributed by atoms with Crippen LogP contribution in [0, 0.1) is 0 Å². The maximum atomic E-state index is 12.7. The molecule has 0 spiro atoms. The van der Waals surface area contributed by atoms with Crippen LogP contribution in [0.4, 0.5) is 0 Å². The minimum atomic E-state index is -0.806. The quantitative estimate of drug-likeness (QED) is 0.0199. The molecule has 0 saturated carbocycles. The summed E-state index contributed by atoms with van der Waals surface area (Å²) in [6.07, 6.45) is 59.6. The standard InChI is InChI=1S/C55H98O6/c1-4-7-10-13-16-19-22-25-26-27-28-29-31-33-36-39-42-45-48-54(57)60-51-52(50-59-53(56)47-44-41-38-35-32-24-21-18-15-12-9-6-3)61-55(58)49-46-43-40-37-34-30-23-20-17-14-11-8-5-2/h26-30,34,40,43,52H,4-25,31-33,35-39,41-42,44-51H2,1-3H3/b27-26-,29-28-,34-30-,43-40-. The number of allylic oxidation sites excluding steroid dienone is 8. The van der Waals surface area contributed by atoms with Crippen LogP contribution in [-0.4, -0.2) is 37.2 Å². The monoisotopic (exact) mass is 855 g/mol. The first-order chi connectivity index (χ1) is 30.0. The van der Waals surface area contributed by atoms with Crippen LogP contribution in [0.2, 0.25) is 0 Å². The molecule has 354 valence electrons. The van der Waals surface area contributed by atoms with E-state index in [1.807, 2.05) is 6.08 Å². The molecule has 0 aromatic heterocycles. The Morgan fingerprint density at radius 3 is 1.07 bits per heavy atom. The summed E-state index contributed by atoms with van der Waals surface area (Å²) in [6, 6.07) is 0. The third kappa shape index (κ3) is 48.3. The van der Waals surface area contributed by atoms with Gasteiger partial charge < -0.3 is 14.2 Å². The molecule has 0 fully saturated rings. The van der Waals surface area contributed by atoms with Gasteiger partial charge in [0.15, 0.2) is 6.10 Å². The molecular weight excluding hydrogens is 757 g/mol. The van der Waals surface area contributed by atoms with Gasteiger partial charge in [-0.3, -0.25) is 14.4 Å². The summed E-state index contributed by atoms with van der Waals surface area (Å²) in [6.45, 7) is 6.57. The van der Waals surface area contributed by atoms with Gasteiger partial charge in [0.05, 0.1) is 0 Å². The predicted molar refractivity (Wildman–Crippen MR) is 261 cm³/mol. The van der Waals surface area contributed by atoms with E-state index in [0.717, 1.165) is 70.6 Å². The lowest BCUT2D eigenvalue weighted by Crippen LogP contribution is -2.30. The highest BCUT2D eigenvalue weighted by molar-refractivity contribution is 5.71. The van der Waals surface area contributed by atoms with Crippen molar-refractivity contribution < 1.29 is 28.6 Å². The van der Waals surface area contributed by atoms with E-state index in [-0.39, 0.29) is 37.5 Å². The molecule has 0 bridgehead atoms. The van der Waals surface area contributed by atoms with E-state index >= 15 is 0 Å². The van der Waals surface area contributed by atoms with Crippen molar-refractivity contribution in [2.24, 2.45) is 0 Å². The van der Waals surface area contributed by atoms with Crippen LogP contribution < -0.4 is 0 Å². The summed E-state index contributed by atoms with van der Waals surface area (Å²) in [5.74, 6) is -0.976. The van der Waals surface area contributed by atoms with E-state index in [1.165, 1.54) is 148 Å². The topological polar surface area (TPSA) is 78.9 Å². The van der Waals surface area contributed by atoms with Gasteiger partial charge in [-0.25, -0.2) is 0 Å². The van der Waals surface area contributed by atoms with Crippen LogP contribution in [0.25, 0.3) is 0 Å². The van der Waals surface area contributed by atoms with Crippen molar-refractivity contribution in [1.29, 1.82) is 0 Å². The van der Waals surface area contributed by atoms with Gasteiger partial charge in [-0.05, 0) is 64.2 Å². The zero-order valence-electron chi connectivity index (χ0n) is 40.4. The SMILES string of the molecule is CCCCCCCC/C=C\C/C=C\CCC(=O)OC(COC(=O)CCCCCCC/C=C\C=C/CCCCCCCCC)COC(=O)CCCCCCCCCCCCCC. The second-order valence-corrected chi connectivity index (χ2v) is 17.5. The number of carbonyl (C=O) groups is 3. The van der Waals surface area contributed by atoms with Gasteiger partial charge in [-0.1, -0.05) is 230 Å². The van der Waals surface area contributed by atoms with E-state index in [4.69, 9.17) is 14.2 Å². The van der Waals surface area contributed by atoms with Gasteiger partial charge in [-0.15, -0.1) is 0 Å². The number of hydrogen-bond donors (Lipinski definition) is 0. The fourth-order valence-electron chi connectivity index (χ4n) is 7.37. The van der Waals surface area contributed by atoms with Crippen molar-refractivity contribution >= 4 is 17.9 Å². The fourth-order valence-corrected chi connectivity index (χ4v) is 7.37. The molecule has 0 heterocycles. The van der Waals surface area contributed by atoms with Crippen LogP contribution in [0.3, 0.4) is 0 Å². The summed E-state index contributed by atoms with van der Waals surface area (Å²) in [5.41, 5.74) is 0. The lowest BCUT2D eigenvalue weighted by molar-refractivity contribution is -0.166. The summed E-state index contributed by atoms with van der Waals surface area (Å²) in [7, 11) is 0. The lowest BCUT2D eigenvalue weighted by Gasteiger charge is -2.18. The second-order valence-electron chi connectivity index (χ2n) is 17.5. The molecule has 0 aromatic carbocycles. The normalized spacial score (nSPS) is 12.4. The van der Waals surface area contributed by atoms with Gasteiger partial charge >= 0.3 is 17.9 Å². The average molecular weight is 855 g/mol. The molecule has 1 atom stereocenters. The Morgan fingerprint density at radius 1 is 0.344 bits per heavy atom. The van der Waals surface area contributed by atoms with Crippen LogP contribution in [0.5, 0.6) is 0 Å². The highest BCUT2D eigenvalue weighted by Gasteiger charge is 2.19. The minimum Gasteiger partial charge on any atom is -0.462 e. The van der Waals surface area contributed by atoms with E-state index in [9.17, 15) is 14.4 Å². The Kier molecular flexibility index (Phi) is 47.9. The molecule has 0 aromatic rings. The Morgan fingerprint density at radius 2 is 0.672 bits per heavy atom. The van der Waals surface area contributed by atoms with Crippen molar-refractivity contribution in [3.63, 3.8) is 0 Å². The van der Waals surface area contributed by atoms with Crippen molar-refractivity contribution in [2.75, 3.05) is 13.2 Å². The molecule has 0 N–H and O–H groups in total. The molecule has 0 aliphatic rings. The Hall–Kier alpha value is -2.63. The summed E-state index contributed by atoms with van der Waals surface area (Å²) < 4.78 is 16.7. The van der Waals surface area contributed by atoms with Crippen molar-refractivity contribution in [2.45, 2.75) is 271 Å². The largest absolute Gasteiger partial charge is 0.462 e. The summed E-state index contributed by atoms with van der Waals surface area (Å²) in [4.78, 5) is 37.9. The van der Waals surface area contributed by atoms with E-state index in [2.05, 4.69) is 63.3 Å². The van der Waals surface area contributed by atoms with Crippen molar-refractivity contribution in [1.82, 2.24) is 0 Å². The molecule has 0 amide bonds. The molecule has 0 aliphatic carbocycles. The molecule has 0 aliphatic heterocycles. The number of carbonyl (C=O) groups excluding carboxylic acids is 3. The van der Waals surface area contributed by atoms with Gasteiger partial charge in [0.25, 0.3) is 0 Å². The van der Waals surface area contributed by atoms with Gasteiger partial charge in [0.1, 0.15) is 13.2 Å². The number of unbranched alkanes of at least 4 members (excludes halogenated alkanes) is 29. The molecule has 6 heteroatoms. The molecule has 0 radical (unpaired) electrons. The lowest BCUT2D eigenvalue weighted by atomic mass is 10.0. The third-order valence-electron chi connectivity index (χ3n) is 11.3. The first kappa shape index (κ1) is 58.4. The number of ether oxygens (including phenoxy) is 3. The molecule has 0 saturated heterocycles. The Bertz CT molecular complexity index is 1070. The predicted octanol–water partition coefficient (Wildman–Crippen LogP) is 17.1. The maximum Gasteiger partial charge on any atom is 0.306 e. The van der Waals surface area contributed by atoms with Crippen LogP contribution in [0.15, 0.2) is 48.6 Å². The van der Waals surface area contributed by atoms with Crippen LogP contribution in [-0.2, 0) is 28.6 Å². The minimum absolute atomic E-state index is 0.0984. The highest BCUT2D eigenvalue weighted by Crippen LogP contribution is 2.14. The first-order valence-corrected chi connectivity index (χ1v) is 26.2. The zero-order chi connectivity index (χ0) is 44.4.